The van der Waals surface area contributed by atoms with Crippen molar-refractivity contribution in [2.45, 2.75) is 40.3 Å². The van der Waals surface area contributed by atoms with Crippen LogP contribution in [-0.4, -0.2) is 28.0 Å². The predicted molar refractivity (Wildman–Crippen MR) is 67.4 cm³/mol. The van der Waals surface area contributed by atoms with E-state index in [9.17, 15) is 4.79 Å². The van der Waals surface area contributed by atoms with Gasteiger partial charge in [-0.05, 0) is 12.3 Å². The van der Waals surface area contributed by atoms with Crippen LogP contribution in [0.25, 0.3) is 0 Å². The molecule has 5 heteroatoms. The first kappa shape index (κ1) is 13.7. The highest BCUT2D eigenvalue weighted by Gasteiger charge is 2.26. The Balaban J connectivity index is 2.37. The lowest BCUT2D eigenvalue weighted by molar-refractivity contribution is -0.124. The molecule has 1 aromatic heterocycles. The molecule has 3 N–H and O–H groups in total. The standard InChI is InChI=1S/C12H22N4O/c1-9-14-5-7-16(9)8-6-15-11(17)10(13)12(2,3)4/h5,7,10H,6,8,13H2,1-4H3,(H,15,17)/t10-/m1/s1. The van der Waals surface area contributed by atoms with Crippen molar-refractivity contribution < 1.29 is 4.79 Å². The first-order valence-electron chi connectivity index (χ1n) is 5.83. The number of nitrogens with zero attached hydrogens (tertiary/aromatic N) is 2. The third kappa shape index (κ3) is 3.85. The number of nitrogens with one attached hydrogen (secondary N) is 1. The molecule has 0 saturated heterocycles. The van der Waals surface area contributed by atoms with E-state index in [4.69, 9.17) is 5.73 Å². The molecule has 1 aromatic rings. The Morgan fingerprint density at radius 2 is 2.24 bits per heavy atom. The van der Waals surface area contributed by atoms with Crippen LogP contribution in [0.3, 0.4) is 0 Å². The Hall–Kier alpha value is -1.36. The van der Waals surface area contributed by atoms with Crippen molar-refractivity contribution in [3.05, 3.63) is 18.2 Å². The van der Waals surface area contributed by atoms with E-state index in [1.807, 2.05) is 38.5 Å². The van der Waals surface area contributed by atoms with E-state index in [1.165, 1.54) is 0 Å². The van der Waals surface area contributed by atoms with Crippen molar-refractivity contribution in [1.29, 1.82) is 0 Å². The summed E-state index contributed by atoms with van der Waals surface area (Å²) in [6.45, 7) is 9.09. The molecular weight excluding hydrogens is 216 g/mol. The Morgan fingerprint density at radius 3 is 2.71 bits per heavy atom. The molecule has 0 radical (unpaired) electrons. The van der Waals surface area contributed by atoms with E-state index in [0.29, 0.717) is 13.1 Å². The van der Waals surface area contributed by atoms with Gasteiger partial charge in [-0.2, -0.15) is 0 Å². The number of carbonyl (C=O) groups is 1. The summed E-state index contributed by atoms with van der Waals surface area (Å²) in [5.41, 5.74) is 5.64. The lowest BCUT2D eigenvalue weighted by Gasteiger charge is -2.25. The van der Waals surface area contributed by atoms with Crippen LogP contribution in [0.15, 0.2) is 12.4 Å². The van der Waals surface area contributed by atoms with E-state index in [2.05, 4.69) is 10.3 Å². The predicted octanol–water partition coefficient (Wildman–Crippen LogP) is 0.681. The first-order valence-corrected chi connectivity index (χ1v) is 5.83. The van der Waals surface area contributed by atoms with Crippen molar-refractivity contribution in [1.82, 2.24) is 14.9 Å². The second kappa shape index (κ2) is 5.31. The number of hydrogen-bond acceptors (Lipinski definition) is 3. The summed E-state index contributed by atoms with van der Waals surface area (Å²) in [5, 5.41) is 2.84. The molecule has 0 saturated carbocycles. The minimum absolute atomic E-state index is 0.102. The summed E-state index contributed by atoms with van der Waals surface area (Å²) >= 11 is 0. The molecule has 1 heterocycles. The maximum atomic E-state index is 11.7. The van der Waals surface area contributed by atoms with Gasteiger partial charge in [0.05, 0.1) is 6.04 Å². The number of aromatic nitrogens is 2. The summed E-state index contributed by atoms with van der Waals surface area (Å²) in [4.78, 5) is 15.9. The van der Waals surface area contributed by atoms with Crippen molar-refractivity contribution >= 4 is 5.91 Å². The van der Waals surface area contributed by atoms with Gasteiger partial charge in [0.25, 0.3) is 0 Å². The number of amides is 1. The second-order valence-electron chi connectivity index (χ2n) is 5.30. The van der Waals surface area contributed by atoms with Crippen LogP contribution in [0.2, 0.25) is 0 Å². The number of nitrogens with two attached hydrogens (primary N) is 1. The number of hydrogen-bond donors (Lipinski definition) is 2. The Kier molecular flexibility index (Phi) is 4.28. The van der Waals surface area contributed by atoms with Gasteiger partial charge in [-0.25, -0.2) is 4.98 Å². The van der Waals surface area contributed by atoms with Crippen molar-refractivity contribution in [2.75, 3.05) is 6.54 Å². The van der Waals surface area contributed by atoms with Gasteiger partial charge in [0.2, 0.25) is 5.91 Å². The van der Waals surface area contributed by atoms with E-state index in [-0.39, 0.29) is 11.3 Å². The fourth-order valence-electron chi connectivity index (χ4n) is 1.44. The lowest BCUT2D eigenvalue weighted by atomic mass is 9.87. The lowest BCUT2D eigenvalue weighted by Crippen LogP contribution is -2.49. The maximum Gasteiger partial charge on any atom is 0.237 e. The van der Waals surface area contributed by atoms with Crippen molar-refractivity contribution in [3.63, 3.8) is 0 Å². The summed E-state index contributed by atoms with van der Waals surface area (Å²) in [7, 11) is 0. The van der Waals surface area contributed by atoms with Crippen LogP contribution in [0.1, 0.15) is 26.6 Å². The minimum Gasteiger partial charge on any atom is -0.353 e. The molecule has 1 atom stereocenters. The zero-order valence-corrected chi connectivity index (χ0v) is 11.0. The number of carbonyl (C=O) groups excluding carboxylic acids is 1. The topological polar surface area (TPSA) is 72.9 Å². The number of aryl methyl sites for hydroxylation is 1. The van der Waals surface area contributed by atoms with Gasteiger partial charge < -0.3 is 15.6 Å². The normalized spacial score (nSPS) is 13.5. The van der Waals surface area contributed by atoms with Crippen molar-refractivity contribution in [2.24, 2.45) is 11.1 Å². The maximum absolute atomic E-state index is 11.7. The van der Waals surface area contributed by atoms with Crippen molar-refractivity contribution in [3.8, 4) is 0 Å². The molecule has 0 aliphatic carbocycles. The zero-order valence-electron chi connectivity index (χ0n) is 11.0. The molecular formula is C12H22N4O. The highest BCUT2D eigenvalue weighted by Crippen LogP contribution is 2.16. The van der Waals surface area contributed by atoms with Gasteiger partial charge in [0.1, 0.15) is 5.82 Å². The third-order valence-corrected chi connectivity index (χ3v) is 2.79. The minimum atomic E-state index is -0.480. The van der Waals surface area contributed by atoms with Crippen LogP contribution >= 0.6 is 0 Å². The van der Waals surface area contributed by atoms with Crippen LogP contribution < -0.4 is 11.1 Å². The Morgan fingerprint density at radius 1 is 1.59 bits per heavy atom. The molecule has 0 bridgehead atoms. The average molecular weight is 238 g/mol. The van der Waals surface area contributed by atoms with Crippen LogP contribution in [0.4, 0.5) is 0 Å². The average Bonchev–Trinajstić information content (AvgIpc) is 2.62. The van der Waals surface area contributed by atoms with E-state index in [0.717, 1.165) is 5.82 Å². The Labute approximate surface area is 102 Å². The number of rotatable bonds is 4. The molecule has 0 spiro atoms. The third-order valence-electron chi connectivity index (χ3n) is 2.79. The molecule has 1 amide bonds. The summed E-state index contributed by atoms with van der Waals surface area (Å²) in [6, 6.07) is -0.480. The summed E-state index contributed by atoms with van der Waals surface area (Å²) in [5.74, 6) is 0.842. The molecule has 96 valence electrons. The van der Waals surface area contributed by atoms with Gasteiger partial charge in [-0.1, -0.05) is 20.8 Å². The van der Waals surface area contributed by atoms with E-state index >= 15 is 0 Å². The second-order valence-corrected chi connectivity index (χ2v) is 5.30. The highest BCUT2D eigenvalue weighted by atomic mass is 16.2. The summed E-state index contributed by atoms with van der Waals surface area (Å²) < 4.78 is 1.99. The number of imidazole rings is 1. The largest absolute Gasteiger partial charge is 0.353 e. The van der Waals surface area contributed by atoms with Gasteiger partial charge >= 0.3 is 0 Å². The van der Waals surface area contributed by atoms with Crippen LogP contribution in [0, 0.1) is 12.3 Å². The van der Waals surface area contributed by atoms with E-state index in [1.54, 1.807) is 6.20 Å². The molecule has 17 heavy (non-hydrogen) atoms. The molecule has 0 aliphatic heterocycles. The molecule has 0 aromatic carbocycles. The SMILES string of the molecule is Cc1nccn1CCNC(=O)[C@@H](N)C(C)(C)C. The molecule has 0 fully saturated rings. The smallest absolute Gasteiger partial charge is 0.237 e. The van der Waals surface area contributed by atoms with E-state index < -0.39 is 6.04 Å². The molecule has 1 rings (SSSR count). The zero-order chi connectivity index (χ0) is 13.1. The fourth-order valence-corrected chi connectivity index (χ4v) is 1.44. The fraction of sp³-hybridized carbons (Fsp3) is 0.667. The monoisotopic (exact) mass is 238 g/mol. The highest BCUT2D eigenvalue weighted by molar-refractivity contribution is 5.82. The molecule has 0 unspecified atom stereocenters. The van der Waals surface area contributed by atoms with Gasteiger partial charge in [0.15, 0.2) is 0 Å². The summed E-state index contributed by atoms with van der Waals surface area (Å²) in [6.07, 6.45) is 3.64. The van der Waals surface area contributed by atoms with Gasteiger partial charge in [-0.15, -0.1) is 0 Å². The Bertz CT molecular complexity index is 378. The van der Waals surface area contributed by atoms with Gasteiger partial charge in [0, 0.05) is 25.5 Å². The molecule has 5 nitrogen and oxygen atoms in total. The first-order chi connectivity index (χ1) is 7.82. The quantitative estimate of drug-likeness (QED) is 0.810. The molecule has 0 aliphatic rings. The van der Waals surface area contributed by atoms with Gasteiger partial charge in [-0.3, -0.25) is 4.79 Å². The van der Waals surface area contributed by atoms with Crippen LogP contribution in [-0.2, 0) is 11.3 Å². The van der Waals surface area contributed by atoms with Crippen LogP contribution in [0.5, 0.6) is 0 Å².